The molecular weight excluding hydrogens is 1640 g/mol. The third kappa shape index (κ3) is 36.9. The number of ether oxygens (including phenoxy) is 21. The Balaban J connectivity index is 0.000000396. The highest BCUT2D eigenvalue weighted by Crippen LogP contribution is 2.51. The van der Waals surface area contributed by atoms with Crippen LogP contribution in [0.2, 0.25) is 0 Å². The van der Waals surface area contributed by atoms with Gasteiger partial charge in [0.1, 0.15) is 130 Å². The van der Waals surface area contributed by atoms with Gasteiger partial charge < -0.3 is 99.5 Å². The summed E-state index contributed by atoms with van der Waals surface area (Å²) >= 11 is 0. The van der Waals surface area contributed by atoms with Crippen LogP contribution in [0, 0.1) is 59.2 Å². The highest BCUT2D eigenvalue weighted by molar-refractivity contribution is 6.13. The minimum absolute atomic E-state index is 0.00172. The average Bonchev–Trinajstić information content (AvgIpc) is 0.780. The lowest BCUT2D eigenvalue weighted by molar-refractivity contribution is -0.170. The molecule has 0 aromatic heterocycles. The molecule has 2 aromatic carbocycles. The van der Waals surface area contributed by atoms with Gasteiger partial charge in [-0.25, -0.2) is 14.4 Å². The summed E-state index contributed by atoms with van der Waals surface area (Å²) in [7, 11) is 0. The summed E-state index contributed by atoms with van der Waals surface area (Å²) in [6.45, 7) is 43.1. The van der Waals surface area contributed by atoms with Crippen molar-refractivity contribution < 1.29 is 157 Å². The van der Waals surface area contributed by atoms with Crippen LogP contribution in [-0.2, 0) is 138 Å². The van der Waals surface area contributed by atoms with Crippen LogP contribution in [0.1, 0.15) is 131 Å². The Kier molecular flexibility index (Phi) is 52.2. The van der Waals surface area contributed by atoms with Crippen LogP contribution in [0.15, 0.2) is 190 Å². The van der Waals surface area contributed by atoms with Gasteiger partial charge in [-0.05, 0) is 118 Å². The summed E-state index contributed by atoms with van der Waals surface area (Å²) in [4.78, 5) is 158. The number of hydrogen-bond donors (Lipinski definition) is 0. The zero-order valence-electron chi connectivity index (χ0n) is 71.7. The fourth-order valence-electron chi connectivity index (χ4n) is 14.7. The van der Waals surface area contributed by atoms with Gasteiger partial charge in [-0.1, -0.05) is 90.1 Å². The van der Waals surface area contributed by atoms with Gasteiger partial charge in [-0.2, -0.15) is 0 Å². The molecule has 690 valence electrons. The van der Waals surface area contributed by atoms with Crippen LogP contribution in [0.4, 0.5) is 0 Å². The van der Waals surface area contributed by atoms with Crippen molar-refractivity contribution in [3.8, 4) is 0 Å². The lowest BCUT2D eigenvalue weighted by Crippen LogP contribution is -2.48. The number of carbonyl (C=O) groups excluding carboxylic acids is 12. The summed E-state index contributed by atoms with van der Waals surface area (Å²) in [5.74, 6) is -12.1. The summed E-state index contributed by atoms with van der Waals surface area (Å²) in [6.07, 6.45) is 19.1. The van der Waals surface area contributed by atoms with Crippen LogP contribution in [-0.4, -0.2) is 210 Å². The third-order valence-electron chi connectivity index (χ3n) is 20.3. The number of rotatable bonds is 63. The van der Waals surface area contributed by atoms with Crippen LogP contribution in [0.5, 0.6) is 0 Å². The van der Waals surface area contributed by atoms with Crippen molar-refractivity contribution >= 4 is 81.8 Å². The van der Waals surface area contributed by atoms with Crippen molar-refractivity contribution in [2.75, 3.05) is 139 Å². The van der Waals surface area contributed by atoms with Gasteiger partial charge in [-0.3, -0.25) is 43.2 Å². The van der Waals surface area contributed by atoms with Gasteiger partial charge in [-0.15, -0.1) is 0 Å². The first-order valence-electron chi connectivity index (χ1n) is 41.2. The molecule has 0 N–H and O–H groups in total. The second-order valence-electron chi connectivity index (χ2n) is 28.0. The first kappa shape index (κ1) is 106. The van der Waals surface area contributed by atoms with Crippen molar-refractivity contribution in [1.82, 2.24) is 0 Å². The van der Waals surface area contributed by atoms with E-state index < -0.39 is 101 Å². The molecule has 4 aliphatic rings. The fraction of sp³-hybridized carbons (Fsp3) is 0.484. The van der Waals surface area contributed by atoms with Crippen molar-refractivity contribution in [2.45, 2.75) is 89.9 Å². The Morgan fingerprint density at radius 3 is 0.730 bits per heavy atom. The fourth-order valence-corrected chi connectivity index (χ4v) is 14.7. The van der Waals surface area contributed by atoms with E-state index >= 15 is 0 Å². The van der Waals surface area contributed by atoms with Gasteiger partial charge >= 0.3 is 53.7 Å². The molecule has 0 saturated heterocycles. The molecule has 33 nitrogen and oxygen atoms in total. The molecule has 0 amide bonds. The van der Waals surface area contributed by atoms with E-state index in [1.165, 1.54) is 99.4 Å². The monoisotopic (exact) mass is 1760 g/mol. The molecule has 2 saturated carbocycles. The number of allylic oxidation sites excluding steroid dienone is 2. The molecule has 4 aliphatic carbocycles. The molecule has 0 heterocycles. The summed E-state index contributed by atoms with van der Waals surface area (Å²) in [6, 6.07) is 5.66. The van der Waals surface area contributed by atoms with E-state index in [2.05, 4.69) is 78.9 Å². The second-order valence-corrected chi connectivity index (χ2v) is 28.0. The minimum Gasteiger partial charge on any atom is -0.502 e. The molecule has 126 heavy (non-hydrogen) atoms. The molecule has 2 fully saturated rings. The first-order valence-corrected chi connectivity index (χ1v) is 41.2. The summed E-state index contributed by atoms with van der Waals surface area (Å²) in [5.41, 5.74) is 1.55. The lowest BCUT2D eigenvalue weighted by atomic mass is 9.58. The second kappa shape index (κ2) is 62.3. The maximum Gasteiger partial charge on any atom is 0.339 e. The quantitative estimate of drug-likeness (QED) is 0.0148. The molecule has 33 heteroatoms. The van der Waals surface area contributed by atoms with Crippen LogP contribution in [0.3, 0.4) is 0 Å². The zero-order valence-corrected chi connectivity index (χ0v) is 71.7. The number of benzene rings is 2. The van der Waals surface area contributed by atoms with E-state index in [1.807, 2.05) is 0 Å². The molecule has 2 aromatic rings. The van der Waals surface area contributed by atoms with Crippen molar-refractivity contribution in [3.63, 3.8) is 0 Å². The molecule has 10 atom stereocenters. The Labute approximate surface area is 735 Å². The van der Waals surface area contributed by atoms with Gasteiger partial charge in [0.15, 0.2) is 5.78 Å². The van der Waals surface area contributed by atoms with Crippen molar-refractivity contribution in [3.05, 3.63) is 212 Å². The number of hydrogen-bond acceptors (Lipinski definition) is 33. The van der Waals surface area contributed by atoms with E-state index in [0.717, 1.165) is 11.1 Å². The average molecular weight is 1770 g/mol. The normalized spacial score (nSPS) is 18.5. The highest BCUT2D eigenvalue weighted by Gasteiger charge is 2.52. The predicted octanol–water partition coefficient (Wildman–Crippen LogP) is 12.8. The zero-order chi connectivity index (χ0) is 92.2. The maximum atomic E-state index is 13.4. The van der Waals surface area contributed by atoms with Crippen molar-refractivity contribution in [1.29, 1.82) is 0 Å². The topological polar surface area (TPSA) is 399 Å². The summed E-state index contributed by atoms with van der Waals surface area (Å²) < 4.78 is 109. The van der Waals surface area contributed by atoms with Gasteiger partial charge in [0.25, 0.3) is 0 Å². The van der Waals surface area contributed by atoms with Crippen LogP contribution >= 0.6 is 0 Å². The highest BCUT2D eigenvalue weighted by atomic mass is 16.6. The van der Waals surface area contributed by atoms with E-state index in [0.29, 0.717) is 68.9 Å². The van der Waals surface area contributed by atoms with Gasteiger partial charge in [0.05, 0.1) is 147 Å². The molecule has 6 rings (SSSR count). The smallest absolute Gasteiger partial charge is 0.339 e. The van der Waals surface area contributed by atoms with Gasteiger partial charge in [0.2, 0.25) is 0 Å². The largest absolute Gasteiger partial charge is 0.502 e. The predicted molar refractivity (Wildman–Crippen MR) is 455 cm³/mol. The standard InChI is InChI=1S/C31H44O11.C31H42O11.C31H34O11/c3*1-5-36-11-9-10-28(32)24-18-22-20-26(30(34)41-16-13-38-7-3)27(31(35)42-17-14-39-8-4)21-23(22)19-25(24)29(33)40-15-12-37-6-2/h5-8,22-27H,1-4,9-21H2;5-8,24-27H,1-4,9-21H2;5-8,18-21H,1-4,9-17H2. The Morgan fingerprint density at radius 2 is 0.444 bits per heavy atom. The molecule has 0 radical (unpaired) electrons. The van der Waals surface area contributed by atoms with Gasteiger partial charge in [0, 0.05) is 36.7 Å². The molecule has 0 spiro atoms. The minimum atomic E-state index is -0.832. The summed E-state index contributed by atoms with van der Waals surface area (Å²) in [5, 5.41) is 0.768. The van der Waals surface area contributed by atoms with Crippen LogP contribution in [0.25, 0.3) is 10.8 Å². The van der Waals surface area contributed by atoms with E-state index in [1.54, 1.807) is 0 Å². The lowest BCUT2D eigenvalue weighted by Gasteiger charge is -2.46. The first-order chi connectivity index (χ1) is 61.1. The Hall–Kier alpha value is -12.8. The number of carbonyl (C=O) groups is 12. The molecule has 0 aliphatic heterocycles. The van der Waals surface area contributed by atoms with E-state index in [-0.39, 0.29) is 222 Å². The third-order valence-corrected chi connectivity index (χ3v) is 20.3. The molecule has 10 unspecified atom stereocenters. The SMILES string of the molecule is C=COCCCC(=O)C1CC2=C(CC1C(=O)OCCOC=C)CC(C(=O)OCCOC=C)C(C(=O)OCCOC=C)C2.C=COCCCC(=O)C1CC2CC(C(=O)OCCOC=C)C(C(=O)OCCOC=C)CC2CC1C(=O)OCCOC=C.C=COCCCC(=O)c1cc2cc(C(=O)OCCOC=C)c(C(=O)OCCOC=C)cc2cc1C(=O)OCCOC=C. The Morgan fingerprint density at radius 1 is 0.238 bits per heavy atom. The number of ketones is 3. The number of esters is 9. The Bertz CT molecular complexity index is 3530. The van der Waals surface area contributed by atoms with E-state index in [9.17, 15) is 57.5 Å². The number of Topliss-reactive ketones (excluding diaryl/α,β-unsaturated/α-hetero) is 3. The molecular formula is C93H120O33. The van der Waals surface area contributed by atoms with Crippen LogP contribution < -0.4 is 0 Å². The number of fused-ring (bicyclic) bond motifs is 2. The van der Waals surface area contributed by atoms with Crippen molar-refractivity contribution in [2.24, 2.45) is 59.2 Å². The van der Waals surface area contributed by atoms with E-state index in [4.69, 9.17) is 99.5 Å². The maximum absolute atomic E-state index is 13.4. The molecule has 0 bridgehead atoms.